The van der Waals surface area contributed by atoms with E-state index in [2.05, 4.69) is 4.98 Å². The van der Waals surface area contributed by atoms with E-state index in [4.69, 9.17) is 4.42 Å². The van der Waals surface area contributed by atoms with Gasteiger partial charge < -0.3 is 19.3 Å². The second kappa shape index (κ2) is 7.79. The van der Waals surface area contributed by atoms with Gasteiger partial charge in [0.25, 0.3) is 11.7 Å². The van der Waals surface area contributed by atoms with Crippen LogP contribution in [0.15, 0.2) is 52.8 Å². The number of ketones is 1. The Balaban J connectivity index is 1.85. The lowest BCUT2D eigenvalue weighted by atomic mass is 10.0. The van der Waals surface area contributed by atoms with Crippen LogP contribution in [-0.2, 0) is 9.59 Å². The fraction of sp³-hybridized carbons (Fsp3) is 0.318. The number of nitrogens with zero attached hydrogens (tertiary/aromatic N) is 3. The molecule has 1 atom stereocenters. The van der Waals surface area contributed by atoms with Crippen molar-refractivity contribution in [2.75, 3.05) is 27.2 Å². The van der Waals surface area contributed by atoms with Crippen molar-refractivity contribution in [2.24, 2.45) is 0 Å². The van der Waals surface area contributed by atoms with Gasteiger partial charge in [0.15, 0.2) is 5.76 Å². The van der Waals surface area contributed by atoms with E-state index in [0.29, 0.717) is 29.3 Å². The Kier molecular flexibility index (Phi) is 5.17. The van der Waals surface area contributed by atoms with E-state index < -0.39 is 17.7 Å². The highest BCUT2D eigenvalue weighted by Gasteiger charge is 2.47. The molecule has 0 spiro atoms. The third kappa shape index (κ3) is 3.29. The third-order valence-corrected chi connectivity index (χ3v) is 5.36. The SMILES string of the molecule is Cc1nc2ccccn2c1C(O)=C1C(=O)C(=O)N(CCC[NH+](C)C)[C@H]1c1ccco1. The number of aliphatic hydroxyl groups is 1. The molecule has 2 N–H and O–H groups in total. The number of furan rings is 1. The zero-order valence-electron chi connectivity index (χ0n) is 17.3. The highest BCUT2D eigenvalue weighted by atomic mass is 16.3. The topological polar surface area (TPSA) is 92.5 Å². The number of hydrogen-bond acceptors (Lipinski definition) is 5. The summed E-state index contributed by atoms with van der Waals surface area (Å²) >= 11 is 0. The average molecular weight is 409 g/mol. The molecule has 0 bridgehead atoms. The van der Waals surface area contributed by atoms with Gasteiger partial charge in [-0.05, 0) is 31.2 Å². The van der Waals surface area contributed by atoms with Crippen molar-refractivity contribution in [1.29, 1.82) is 0 Å². The molecule has 1 aliphatic heterocycles. The molecule has 0 radical (unpaired) electrons. The van der Waals surface area contributed by atoms with Crippen molar-refractivity contribution in [3.8, 4) is 0 Å². The van der Waals surface area contributed by atoms with Crippen molar-refractivity contribution in [3.63, 3.8) is 0 Å². The molecule has 4 heterocycles. The second-order valence-corrected chi connectivity index (χ2v) is 7.79. The first-order chi connectivity index (χ1) is 14.4. The molecule has 8 nitrogen and oxygen atoms in total. The number of aryl methyl sites for hydroxylation is 1. The van der Waals surface area contributed by atoms with Crippen LogP contribution in [0.3, 0.4) is 0 Å². The summed E-state index contributed by atoms with van der Waals surface area (Å²) in [4.78, 5) is 33.1. The highest BCUT2D eigenvalue weighted by molar-refractivity contribution is 6.46. The summed E-state index contributed by atoms with van der Waals surface area (Å²) in [5, 5.41) is 11.3. The normalized spacial score (nSPS) is 18.8. The van der Waals surface area contributed by atoms with E-state index in [-0.39, 0.29) is 11.3 Å². The van der Waals surface area contributed by atoms with E-state index in [1.54, 1.807) is 29.7 Å². The fourth-order valence-corrected chi connectivity index (χ4v) is 3.98. The van der Waals surface area contributed by atoms with Gasteiger partial charge in [0.2, 0.25) is 0 Å². The van der Waals surface area contributed by atoms with E-state index >= 15 is 0 Å². The molecule has 1 fully saturated rings. The molecule has 1 amide bonds. The number of quaternary nitrogens is 1. The van der Waals surface area contributed by atoms with E-state index in [1.807, 2.05) is 32.3 Å². The van der Waals surface area contributed by atoms with E-state index in [9.17, 15) is 14.7 Å². The van der Waals surface area contributed by atoms with Gasteiger partial charge >= 0.3 is 0 Å². The van der Waals surface area contributed by atoms with Gasteiger partial charge in [-0.1, -0.05) is 6.07 Å². The predicted molar refractivity (Wildman–Crippen MR) is 110 cm³/mol. The summed E-state index contributed by atoms with van der Waals surface area (Å²) in [6.07, 6.45) is 3.99. The molecular formula is C22H25N4O4+. The van der Waals surface area contributed by atoms with Crippen molar-refractivity contribution < 1.29 is 24.0 Å². The Bertz CT molecular complexity index is 1130. The molecule has 156 valence electrons. The molecule has 30 heavy (non-hydrogen) atoms. The van der Waals surface area contributed by atoms with Gasteiger partial charge in [0.1, 0.15) is 23.1 Å². The Labute approximate surface area is 174 Å². The van der Waals surface area contributed by atoms with Gasteiger partial charge in [-0.2, -0.15) is 0 Å². The smallest absolute Gasteiger partial charge is 0.295 e. The van der Waals surface area contributed by atoms with Crippen molar-refractivity contribution >= 4 is 23.1 Å². The van der Waals surface area contributed by atoms with Crippen molar-refractivity contribution in [1.82, 2.24) is 14.3 Å². The summed E-state index contributed by atoms with van der Waals surface area (Å²) in [5.41, 5.74) is 1.65. The fourth-order valence-electron chi connectivity index (χ4n) is 3.98. The lowest BCUT2D eigenvalue weighted by molar-refractivity contribution is -0.858. The summed E-state index contributed by atoms with van der Waals surface area (Å²) in [6.45, 7) is 3.00. The molecular weight excluding hydrogens is 384 g/mol. The van der Waals surface area contributed by atoms with Gasteiger partial charge in [-0.25, -0.2) is 4.98 Å². The minimum atomic E-state index is -0.772. The molecule has 1 saturated heterocycles. The van der Waals surface area contributed by atoms with Crippen LogP contribution < -0.4 is 4.90 Å². The number of likely N-dealkylation sites (tertiary alicyclic amines) is 1. The maximum Gasteiger partial charge on any atom is 0.295 e. The number of pyridine rings is 1. The first-order valence-corrected chi connectivity index (χ1v) is 9.95. The minimum Gasteiger partial charge on any atom is -0.505 e. The highest BCUT2D eigenvalue weighted by Crippen LogP contribution is 2.40. The number of Topliss-reactive ketones (excluding diaryl/α,β-unsaturated/α-hetero) is 1. The monoisotopic (exact) mass is 409 g/mol. The quantitative estimate of drug-likeness (QED) is 0.363. The number of aromatic nitrogens is 2. The Morgan fingerprint density at radius 3 is 2.73 bits per heavy atom. The largest absolute Gasteiger partial charge is 0.505 e. The van der Waals surface area contributed by atoms with Crippen molar-refractivity contribution in [3.05, 3.63) is 65.5 Å². The van der Waals surface area contributed by atoms with Gasteiger partial charge in [-0.3, -0.25) is 14.0 Å². The summed E-state index contributed by atoms with van der Waals surface area (Å²) in [5.74, 6) is -1.14. The van der Waals surface area contributed by atoms with E-state index in [0.717, 1.165) is 13.0 Å². The Hall–Kier alpha value is -3.39. The Morgan fingerprint density at radius 2 is 2.03 bits per heavy atom. The summed E-state index contributed by atoms with van der Waals surface area (Å²) in [7, 11) is 4.07. The molecule has 3 aromatic rings. The number of hydrogen-bond donors (Lipinski definition) is 2. The third-order valence-electron chi connectivity index (χ3n) is 5.36. The van der Waals surface area contributed by atoms with Crippen molar-refractivity contribution in [2.45, 2.75) is 19.4 Å². The molecule has 0 aromatic carbocycles. The van der Waals surface area contributed by atoms with Crippen LogP contribution in [0.25, 0.3) is 11.4 Å². The number of carbonyl (C=O) groups is 2. The minimum absolute atomic E-state index is 0.0286. The molecule has 8 heteroatoms. The van der Waals surface area contributed by atoms with Gasteiger partial charge in [0, 0.05) is 19.2 Å². The second-order valence-electron chi connectivity index (χ2n) is 7.79. The first kappa shape index (κ1) is 19.9. The average Bonchev–Trinajstić information content (AvgIpc) is 3.40. The van der Waals surface area contributed by atoms with Crippen LogP contribution in [0, 0.1) is 6.92 Å². The molecule has 3 aromatic heterocycles. The van der Waals surface area contributed by atoms with Gasteiger partial charge in [0.05, 0.1) is 38.2 Å². The van der Waals surface area contributed by atoms with Crippen LogP contribution in [-0.4, -0.2) is 58.3 Å². The number of carbonyl (C=O) groups excluding carboxylic acids is 2. The Morgan fingerprint density at radius 1 is 1.23 bits per heavy atom. The van der Waals surface area contributed by atoms with E-state index in [1.165, 1.54) is 16.1 Å². The number of amides is 1. The van der Waals surface area contributed by atoms with Crippen LogP contribution in [0.1, 0.15) is 29.6 Å². The van der Waals surface area contributed by atoms with Crippen LogP contribution in [0.4, 0.5) is 0 Å². The number of imidazole rings is 1. The predicted octanol–water partition coefficient (Wildman–Crippen LogP) is 1.19. The number of rotatable bonds is 6. The molecule has 0 unspecified atom stereocenters. The standard InChI is InChI=1S/C22H24N4O4/c1-14-18(25-11-5-4-9-16(25)23-14)20(27)17-19(15-8-6-13-30-15)26(22(29)21(17)28)12-7-10-24(2)3/h4-6,8-9,11,13,19,27H,7,10,12H2,1-3H3/p+1/t19-/m0/s1. The molecule has 1 aliphatic rings. The maximum atomic E-state index is 13.0. The van der Waals surface area contributed by atoms with Crippen LogP contribution in [0.5, 0.6) is 0 Å². The lowest BCUT2D eigenvalue weighted by Crippen LogP contribution is -3.05. The van der Waals surface area contributed by atoms with Crippen LogP contribution >= 0.6 is 0 Å². The first-order valence-electron chi connectivity index (χ1n) is 9.95. The summed E-state index contributed by atoms with van der Waals surface area (Å²) < 4.78 is 7.28. The molecule has 4 rings (SSSR count). The number of aliphatic hydroxyl groups excluding tert-OH is 1. The zero-order valence-corrected chi connectivity index (χ0v) is 17.3. The maximum absolute atomic E-state index is 13.0. The summed E-state index contributed by atoms with van der Waals surface area (Å²) in [6, 6.07) is 8.13. The zero-order chi connectivity index (χ0) is 21.4. The molecule has 0 aliphatic carbocycles. The lowest BCUT2D eigenvalue weighted by Gasteiger charge is -2.23. The number of nitrogens with one attached hydrogen (secondary N) is 1. The van der Waals surface area contributed by atoms with Gasteiger partial charge in [-0.15, -0.1) is 0 Å². The number of fused-ring (bicyclic) bond motifs is 1. The molecule has 0 saturated carbocycles. The van der Waals surface area contributed by atoms with Crippen LogP contribution in [0.2, 0.25) is 0 Å².